The van der Waals surface area contributed by atoms with Crippen molar-refractivity contribution >= 4 is 0 Å². The van der Waals surface area contributed by atoms with Gasteiger partial charge in [0.2, 0.25) is 0 Å². The minimum absolute atomic E-state index is 0.462. The number of rotatable bonds is 2. The molecule has 0 bridgehead atoms. The quantitative estimate of drug-likeness (QED) is 0.784. The highest BCUT2D eigenvalue weighted by atomic mass is 16.5. The van der Waals surface area contributed by atoms with Crippen molar-refractivity contribution in [2.75, 3.05) is 7.11 Å². The number of hydrogen-bond donors (Lipinski definition) is 0. The van der Waals surface area contributed by atoms with Crippen LogP contribution < -0.4 is 4.74 Å². The van der Waals surface area contributed by atoms with E-state index in [2.05, 4.69) is 6.07 Å². The number of ether oxygens (including phenoxy) is 1. The first-order chi connectivity index (χ1) is 8.36. The maximum absolute atomic E-state index is 8.36. The summed E-state index contributed by atoms with van der Waals surface area (Å²) in [4.78, 5) is 0. The molecular formula is C15H15NO. The second kappa shape index (κ2) is 7.95. The van der Waals surface area contributed by atoms with Crippen LogP contribution in [0.2, 0.25) is 0 Å². The lowest BCUT2D eigenvalue weighted by molar-refractivity contribution is 0.414. The van der Waals surface area contributed by atoms with E-state index in [1.165, 1.54) is 0 Å². The molecule has 0 N–H and O–H groups in total. The highest BCUT2D eigenvalue weighted by Gasteiger charge is 1.91. The fourth-order valence-corrected chi connectivity index (χ4v) is 1.22. The van der Waals surface area contributed by atoms with Crippen LogP contribution in [0.15, 0.2) is 60.7 Å². The number of benzene rings is 2. The van der Waals surface area contributed by atoms with Crippen molar-refractivity contribution in [1.82, 2.24) is 0 Å². The maximum atomic E-state index is 8.36. The van der Waals surface area contributed by atoms with E-state index in [1.54, 1.807) is 7.11 Å². The molecule has 17 heavy (non-hydrogen) atoms. The lowest BCUT2D eigenvalue weighted by Gasteiger charge is -1.98. The maximum Gasteiger partial charge on any atom is 0.118 e. The molecule has 2 rings (SSSR count). The van der Waals surface area contributed by atoms with Crippen LogP contribution in [-0.4, -0.2) is 7.11 Å². The fraction of sp³-hybridized carbons (Fsp3) is 0.133. The minimum Gasteiger partial charge on any atom is -0.497 e. The van der Waals surface area contributed by atoms with Gasteiger partial charge in [0.1, 0.15) is 5.75 Å². The van der Waals surface area contributed by atoms with Crippen LogP contribution in [0.3, 0.4) is 0 Å². The van der Waals surface area contributed by atoms with E-state index in [9.17, 15) is 0 Å². The molecule has 86 valence electrons. The molecule has 0 aliphatic rings. The van der Waals surface area contributed by atoms with E-state index < -0.39 is 0 Å². The molecule has 0 fully saturated rings. The van der Waals surface area contributed by atoms with Gasteiger partial charge in [0, 0.05) is 0 Å². The molecule has 0 amide bonds. The van der Waals surface area contributed by atoms with Gasteiger partial charge in [-0.15, -0.1) is 0 Å². The van der Waals surface area contributed by atoms with Crippen molar-refractivity contribution in [2.24, 2.45) is 0 Å². The van der Waals surface area contributed by atoms with Crippen LogP contribution in [0.4, 0.5) is 0 Å². The standard InChI is InChI=1S/C9H9NO.C6H6/c1-11-9-4-2-8(3-5-9)6-7-10;1-2-4-6-5-3-1/h2-5H,6H2,1H3;1-6H. The number of hydrogen-bond acceptors (Lipinski definition) is 2. The van der Waals surface area contributed by atoms with Gasteiger partial charge in [0.05, 0.1) is 19.6 Å². The molecular weight excluding hydrogens is 210 g/mol. The van der Waals surface area contributed by atoms with Gasteiger partial charge >= 0.3 is 0 Å². The van der Waals surface area contributed by atoms with Gasteiger partial charge in [-0.25, -0.2) is 0 Å². The summed E-state index contributed by atoms with van der Waals surface area (Å²) in [5.74, 6) is 0.826. The third-order valence-electron chi connectivity index (χ3n) is 2.11. The summed E-state index contributed by atoms with van der Waals surface area (Å²) in [5.41, 5.74) is 1.02. The van der Waals surface area contributed by atoms with Gasteiger partial charge in [-0.2, -0.15) is 5.26 Å². The Morgan fingerprint density at radius 1 is 0.941 bits per heavy atom. The Morgan fingerprint density at radius 2 is 1.41 bits per heavy atom. The summed E-state index contributed by atoms with van der Waals surface area (Å²) in [7, 11) is 1.62. The van der Waals surface area contributed by atoms with Crippen LogP contribution in [0.25, 0.3) is 0 Å². The molecule has 0 heterocycles. The molecule has 2 aromatic carbocycles. The lowest BCUT2D eigenvalue weighted by Crippen LogP contribution is -1.84. The van der Waals surface area contributed by atoms with Crippen LogP contribution in [-0.2, 0) is 6.42 Å². The van der Waals surface area contributed by atoms with Crippen LogP contribution in [0, 0.1) is 11.3 Å². The minimum atomic E-state index is 0.462. The third kappa shape index (κ3) is 5.39. The highest BCUT2D eigenvalue weighted by Crippen LogP contribution is 2.10. The lowest BCUT2D eigenvalue weighted by atomic mass is 10.2. The molecule has 0 aliphatic heterocycles. The molecule has 0 aliphatic carbocycles. The molecule has 0 radical (unpaired) electrons. The Bertz CT molecular complexity index is 416. The summed E-state index contributed by atoms with van der Waals surface area (Å²) in [6.07, 6.45) is 0.462. The SMILES string of the molecule is COc1ccc(CC#N)cc1.c1ccccc1. The molecule has 0 unspecified atom stereocenters. The van der Waals surface area contributed by atoms with Gasteiger partial charge in [0.15, 0.2) is 0 Å². The van der Waals surface area contributed by atoms with E-state index >= 15 is 0 Å². The first kappa shape index (κ1) is 12.8. The van der Waals surface area contributed by atoms with Crippen molar-refractivity contribution in [3.8, 4) is 11.8 Å². The van der Waals surface area contributed by atoms with E-state index in [0.29, 0.717) is 6.42 Å². The molecule has 0 saturated heterocycles. The van der Waals surface area contributed by atoms with Gasteiger partial charge < -0.3 is 4.74 Å². The monoisotopic (exact) mass is 225 g/mol. The molecule has 0 atom stereocenters. The Balaban J connectivity index is 0.000000202. The molecule has 0 aromatic heterocycles. The third-order valence-corrected chi connectivity index (χ3v) is 2.11. The largest absolute Gasteiger partial charge is 0.497 e. The zero-order valence-corrected chi connectivity index (χ0v) is 9.84. The van der Waals surface area contributed by atoms with E-state index in [0.717, 1.165) is 11.3 Å². The van der Waals surface area contributed by atoms with Crippen molar-refractivity contribution < 1.29 is 4.74 Å². The van der Waals surface area contributed by atoms with Crippen LogP contribution >= 0.6 is 0 Å². The number of nitriles is 1. The summed E-state index contributed by atoms with van der Waals surface area (Å²) < 4.78 is 4.96. The summed E-state index contributed by atoms with van der Waals surface area (Å²) in [6.45, 7) is 0. The van der Waals surface area contributed by atoms with Crippen molar-refractivity contribution in [3.05, 3.63) is 66.2 Å². The summed E-state index contributed by atoms with van der Waals surface area (Å²) >= 11 is 0. The Labute approximate surface area is 102 Å². The Morgan fingerprint density at radius 3 is 1.76 bits per heavy atom. The van der Waals surface area contributed by atoms with Gasteiger partial charge in [-0.3, -0.25) is 0 Å². The highest BCUT2D eigenvalue weighted by molar-refractivity contribution is 5.28. The van der Waals surface area contributed by atoms with Gasteiger partial charge in [0.25, 0.3) is 0 Å². The van der Waals surface area contributed by atoms with Gasteiger partial charge in [-0.05, 0) is 17.7 Å². The Kier molecular flexibility index (Phi) is 5.98. The normalized spacial score (nSPS) is 8.47. The van der Waals surface area contributed by atoms with E-state index in [4.69, 9.17) is 10.00 Å². The molecule has 2 aromatic rings. The number of methoxy groups -OCH3 is 1. The molecule has 0 spiro atoms. The fourth-order valence-electron chi connectivity index (χ4n) is 1.22. The van der Waals surface area contributed by atoms with E-state index in [1.807, 2.05) is 60.7 Å². The number of nitrogens with zero attached hydrogens (tertiary/aromatic N) is 1. The first-order valence-corrected chi connectivity index (χ1v) is 5.36. The van der Waals surface area contributed by atoms with Gasteiger partial charge in [-0.1, -0.05) is 48.5 Å². The molecule has 2 nitrogen and oxygen atoms in total. The van der Waals surface area contributed by atoms with Crippen LogP contribution in [0.5, 0.6) is 5.75 Å². The predicted octanol–water partition coefficient (Wildman–Crippen LogP) is 3.45. The first-order valence-electron chi connectivity index (χ1n) is 5.36. The second-order valence-corrected chi connectivity index (χ2v) is 3.34. The van der Waals surface area contributed by atoms with E-state index in [-0.39, 0.29) is 0 Å². The molecule has 2 heteroatoms. The smallest absolute Gasteiger partial charge is 0.118 e. The zero-order chi connectivity index (χ0) is 12.3. The second-order valence-electron chi connectivity index (χ2n) is 3.34. The summed E-state index contributed by atoms with van der Waals surface area (Å²) in [6, 6.07) is 21.6. The van der Waals surface area contributed by atoms with Crippen LogP contribution in [0.1, 0.15) is 5.56 Å². The summed E-state index contributed by atoms with van der Waals surface area (Å²) in [5, 5.41) is 8.36. The average Bonchev–Trinajstić information content (AvgIpc) is 2.43. The topological polar surface area (TPSA) is 33.0 Å². The predicted molar refractivity (Wildman–Crippen MR) is 68.8 cm³/mol. The van der Waals surface area contributed by atoms with Crippen molar-refractivity contribution in [2.45, 2.75) is 6.42 Å². The Hall–Kier alpha value is -2.27. The zero-order valence-electron chi connectivity index (χ0n) is 9.84. The van der Waals surface area contributed by atoms with Crippen molar-refractivity contribution in [1.29, 1.82) is 5.26 Å². The van der Waals surface area contributed by atoms with Crippen molar-refractivity contribution in [3.63, 3.8) is 0 Å². The average molecular weight is 225 g/mol. The molecule has 0 saturated carbocycles.